The summed E-state index contributed by atoms with van der Waals surface area (Å²) in [5.74, 6) is -0.208. The Kier molecular flexibility index (Phi) is 5.36. The van der Waals surface area contributed by atoms with Crippen molar-refractivity contribution in [1.82, 2.24) is 0 Å². The fraction of sp³-hybridized carbons (Fsp3) is 0.235. The van der Waals surface area contributed by atoms with Gasteiger partial charge in [0.05, 0.1) is 17.3 Å². The topological polar surface area (TPSA) is 26.3 Å². The minimum Gasteiger partial charge on any atom is -0.469 e. The predicted octanol–water partition coefficient (Wildman–Crippen LogP) is 6.25. The zero-order valence-electron chi connectivity index (χ0n) is 12.7. The molecule has 0 atom stereocenters. The van der Waals surface area contributed by atoms with E-state index in [1.807, 2.05) is 6.07 Å². The number of methoxy groups -OCH3 is 1. The summed E-state index contributed by atoms with van der Waals surface area (Å²) >= 11 is 8.77. The molecule has 0 radical (unpaired) electrons. The molecule has 0 bridgehead atoms. The minimum atomic E-state index is -0.208. The number of rotatable bonds is 5. The zero-order chi connectivity index (χ0) is 16.4. The first-order chi connectivity index (χ1) is 11.1. The first-order valence-electron chi connectivity index (χ1n) is 7.14. The predicted molar refractivity (Wildman–Crippen MR) is 104 cm³/mol. The van der Waals surface area contributed by atoms with Gasteiger partial charge < -0.3 is 4.74 Å². The third-order valence-electron chi connectivity index (χ3n) is 3.52. The highest BCUT2D eigenvalue weighted by Gasteiger charge is 2.17. The summed E-state index contributed by atoms with van der Waals surface area (Å²) in [5, 5.41) is 2.15. The normalized spacial score (nSPS) is 10.9. The van der Waals surface area contributed by atoms with Crippen LogP contribution in [0.25, 0.3) is 19.5 Å². The van der Waals surface area contributed by atoms with Crippen LogP contribution in [0.5, 0.6) is 0 Å². The molecule has 3 aromatic heterocycles. The maximum Gasteiger partial charge on any atom is 0.310 e. The summed E-state index contributed by atoms with van der Waals surface area (Å²) in [5.41, 5.74) is 2.41. The van der Waals surface area contributed by atoms with Gasteiger partial charge in [-0.05, 0) is 63.1 Å². The molecule has 0 aliphatic carbocycles. The second kappa shape index (κ2) is 7.30. The average molecular weight is 427 g/mol. The van der Waals surface area contributed by atoms with Crippen LogP contribution in [0, 0.1) is 0 Å². The quantitative estimate of drug-likeness (QED) is 0.450. The van der Waals surface area contributed by atoms with E-state index in [1.165, 1.54) is 27.3 Å². The van der Waals surface area contributed by atoms with Gasteiger partial charge in [0.1, 0.15) is 0 Å². The molecule has 0 unspecified atom stereocenters. The summed E-state index contributed by atoms with van der Waals surface area (Å²) in [6, 6.07) is 8.54. The lowest BCUT2D eigenvalue weighted by atomic mass is 10.1. The molecule has 3 heterocycles. The van der Waals surface area contributed by atoms with Crippen molar-refractivity contribution in [3.05, 3.63) is 44.6 Å². The van der Waals surface area contributed by atoms with Crippen molar-refractivity contribution >= 4 is 55.9 Å². The Balaban J connectivity index is 1.96. The molecule has 6 heteroatoms. The molecule has 0 spiro atoms. The van der Waals surface area contributed by atoms with Gasteiger partial charge >= 0.3 is 5.97 Å². The number of halogens is 1. The maximum atomic E-state index is 11.6. The van der Waals surface area contributed by atoms with Gasteiger partial charge in [0.25, 0.3) is 0 Å². The summed E-state index contributed by atoms with van der Waals surface area (Å²) in [7, 11) is 1.43. The maximum absolute atomic E-state index is 11.6. The first kappa shape index (κ1) is 16.9. The van der Waals surface area contributed by atoms with Crippen molar-refractivity contribution in [3.8, 4) is 19.5 Å². The lowest BCUT2D eigenvalue weighted by Crippen LogP contribution is -2.04. The van der Waals surface area contributed by atoms with Gasteiger partial charge in [-0.1, -0.05) is 6.92 Å². The van der Waals surface area contributed by atoms with E-state index in [9.17, 15) is 4.79 Å². The Morgan fingerprint density at radius 1 is 1.13 bits per heavy atom. The van der Waals surface area contributed by atoms with Gasteiger partial charge in [-0.25, -0.2) is 0 Å². The number of esters is 1. The summed E-state index contributed by atoms with van der Waals surface area (Å²) in [4.78, 5) is 16.6. The largest absolute Gasteiger partial charge is 0.469 e. The van der Waals surface area contributed by atoms with Crippen LogP contribution in [0.2, 0.25) is 0 Å². The molecule has 0 fully saturated rings. The number of thiophene rings is 3. The van der Waals surface area contributed by atoms with Crippen LogP contribution >= 0.6 is 49.9 Å². The van der Waals surface area contributed by atoms with E-state index in [0.29, 0.717) is 6.42 Å². The van der Waals surface area contributed by atoms with Crippen molar-refractivity contribution in [1.29, 1.82) is 0 Å². The van der Waals surface area contributed by atoms with Crippen molar-refractivity contribution < 1.29 is 9.53 Å². The molecule has 0 saturated carbocycles. The van der Waals surface area contributed by atoms with Crippen LogP contribution in [0.4, 0.5) is 0 Å². The summed E-state index contributed by atoms with van der Waals surface area (Å²) < 4.78 is 5.84. The number of carbonyl (C=O) groups excluding carboxylic acids is 1. The molecule has 2 nitrogen and oxygen atoms in total. The molecule has 0 aliphatic heterocycles. The van der Waals surface area contributed by atoms with Crippen molar-refractivity contribution in [2.24, 2.45) is 0 Å². The average Bonchev–Trinajstić information content (AvgIpc) is 3.24. The van der Waals surface area contributed by atoms with Crippen LogP contribution in [0.15, 0.2) is 33.4 Å². The number of aryl methyl sites for hydroxylation is 1. The second-order valence-electron chi connectivity index (χ2n) is 4.95. The molecule has 120 valence electrons. The number of ether oxygens (including phenoxy) is 1. The molecule has 0 amide bonds. The Morgan fingerprint density at radius 3 is 2.57 bits per heavy atom. The Labute approximate surface area is 155 Å². The van der Waals surface area contributed by atoms with Crippen molar-refractivity contribution in [3.63, 3.8) is 0 Å². The lowest BCUT2D eigenvalue weighted by Gasteiger charge is -2.01. The van der Waals surface area contributed by atoms with E-state index in [0.717, 1.165) is 20.6 Å². The minimum absolute atomic E-state index is 0.208. The SMILES string of the molecule is CCc1ccsc1-c1ccc(-c2sc(Br)cc2CC(=O)OC)s1. The Hall–Kier alpha value is -0.950. The van der Waals surface area contributed by atoms with Gasteiger partial charge in [0.2, 0.25) is 0 Å². The van der Waals surface area contributed by atoms with Crippen molar-refractivity contribution in [2.45, 2.75) is 19.8 Å². The smallest absolute Gasteiger partial charge is 0.310 e. The van der Waals surface area contributed by atoms with Crippen molar-refractivity contribution in [2.75, 3.05) is 7.11 Å². The van der Waals surface area contributed by atoms with Gasteiger partial charge in [0.15, 0.2) is 0 Å². The monoisotopic (exact) mass is 426 g/mol. The summed E-state index contributed by atoms with van der Waals surface area (Å²) in [6.07, 6.45) is 1.35. The highest BCUT2D eigenvalue weighted by molar-refractivity contribution is 9.11. The first-order valence-corrected chi connectivity index (χ1v) is 10.4. The van der Waals surface area contributed by atoms with Crippen LogP contribution in [-0.2, 0) is 22.4 Å². The van der Waals surface area contributed by atoms with E-state index in [2.05, 4.69) is 46.4 Å². The van der Waals surface area contributed by atoms with Gasteiger partial charge in [0, 0.05) is 19.5 Å². The third-order valence-corrected chi connectivity index (χ3v) is 7.60. The molecular formula is C17H15BrO2S3. The molecule has 0 aliphatic rings. The second-order valence-corrected chi connectivity index (χ2v) is 9.38. The van der Waals surface area contributed by atoms with Gasteiger partial charge in [-0.3, -0.25) is 4.79 Å². The van der Waals surface area contributed by atoms with Gasteiger partial charge in [-0.2, -0.15) is 0 Å². The number of carbonyl (C=O) groups is 1. The molecule has 23 heavy (non-hydrogen) atoms. The molecule has 3 aromatic rings. The lowest BCUT2D eigenvalue weighted by molar-refractivity contribution is -0.139. The van der Waals surface area contributed by atoms with E-state index < -0.39 is 0 Å². The number of hydrogen-bond acceptors (Lipinski definition) is 5. The highest BCUT2D eigenvalue weighted by atomic mass is 79.9. The molecule has 0 aromatic carbocycles. The van der Waals surface area contributed by atoms with Crippen LogP contribution in [0.1, 0.15) is 18.1 Å². The zero-order valence-corrected chi connectivity index (χ0v) is 16.8. The van der Waals surface area contributed by atoms with E-state index in [4.69, 9.17) is 4.74 Å². The summed E-state index contributed by atoms with van der Waals surface area (Å²) in [6.45, 7) is 2.19. The molecule has 0 saturated heterocycles. The Bertz CT molecular complexity index is 829. The van der Waals surface area contributed by atoms with E-state index in [1.54, 1.807) is 34.0 Å². The van der Waals surface area contributed by atoms with E-state index in [-0.39, 0.29) is 5.97 Å². The third kappa shape index (κ3) is 3.60. The standard InChI is InChI=1S/C17H15BrO2S3/c1-3-10-6-7-21-16(10)12-4-5-13(22-12)17-11(8-14(18)23-17)9-15(19)20-2/h4-8H,3,9H2,1-2H3. The molecular weight excluding hydrogens is 412 g/mol. The van der Waals surface area contributed by atoms with Gasteiger partial charge in [-0.15, -0.1) is 34.0 Å². The van der Waals surface area contributed by atoms with Crippen LogP contribution < -0.4 is 0 Å². The molecule has 3 rings (SSSR count). The fourth-order valence-electron chi connectivity index (χ4n) is 2.37. The number of hydrogen-bond donors (Lipinski definition) is 0. The fourth-order valence-corrected chi connectivity index (χ4v) is 6.36. The van der Waals surface area contributed by atoms with Crippen LogP contribution in [0.3, 0.4) is 0 Å². The highest BCUT2D eigenvalue weighted by Crippen LogP contribution is 2.43. The van der Waals surface area contributed by atoms with E-state index >= 15 is 0 Å². The molecule has 0 N–H and O–H groups in total. The van der Waals surface area contributed by atoms with Crippen LogP contribution in [-0.4, -0.2) is 13.1 Å². The Morgan fingerprint density at radius 2 is 1.87 bits per heavy atom.